The SMILES string of the molecule is CN1CC2CCC1CN2C(=O)c1n[nH]c2cc(C3=NCCS3)ccc12. The maximum absolute atomic E-state index is 13.1. The number of amides is 1. The van der Waals surface area contributed by atoms with Gasteiger partial charge in [-0.1, -0.05) is 6.07 Å². The highest BCUT2D eigenvalue weighted by Crippen LogP contribution is 2.30. The maximum atomic E-state index is 13.1. The molecule has 3 fully saturated rings. The number of rotatable bonds is 2. The van der Waals surface area contributed by atoms with E-state index in [0.29, 0.717) is 17.8 Å². The average Bonchev–Trinajstić information content (AvgIpc) is 3.31. The van der Waals surface area contributed by atoms with Gasteiger partial charge in [-0.3, -0.25) is 19.8 Å². The van der Waals surface area contributed by atoms with Crippen molar-refractivity contribution in [1.82, 2.24) is 20.0 Å². The van der Waals surface area contributed by atoms with Crippen LogP contribution in [0.3, 0.4) is 0 Å². The maximum Gasteiger partial charge on any atom is 0.275 e. The fourth-order valence-corrected chi connectivity index (χ4v) is 5.10. The Balaban J connectivity index is 1.46. The lowest BCUT2D eigenvalue weighted by atomic mass is 9.91. The van der Waals surface area contributed by atoms with Crippen LogP contribution in [0.5, 0.6) is 0 Å². The van der Waals surface area contributed by atoms with E-state index in [0.717, 1.165) is 53.3 Å². The number of aromatic amines is 1. The summed E-state index contributed by atoms with van der Waals surface area (Å²) in [5.74, 6) is 1.11. The van der Waals surface area contributed by atoms with Gasteiger partial charge in [0, 0.05) is 48.4 Å². The molecule has 6 nitrogen and oxygen atoms in total. The topological polar surface area (TPSA) is 64.6 Å². The molecule has 6 rings (SSSR count). The van der Waals surface area contributed by atoms with Crippen LogP contribution in [0.25, 0.3) is 10.9 Å². The molecule has 4 aliphatic rings. The van der Waals surface area contributed by atoms with Crippen LogP contribution in [0.4, 0.5) is 0 Å². The van der Waals surface area contributed by atoms with Crippen LogP contribution in [0.2, 0.25) is 0 Å². The van der Waals surface area contributed by atoms with E-state index < -0.39 is 0 Å². The summed E-state index contributed by atoms with van der Waals surface area (Å²) in [6.07, 6.45) is 2.29. The largest absolute Gasteiger partial charge is 0.331 e. The fourth-order valence-electron chi connectivity index (χ4n) is 4.25. The van der Waals surface area contributed by atoms with E-state index in [-0.39, 0.29) is 5.91 Å². The van der Waals surface area contributed by atoms with Crippen molar-refractivity contribution in [1.29, 1.82) is 0 Å². The third kappa shape index (κ3) is 2.48. The van der Waals surface area contributed by atoms with Gasteiger partial charge in [0.05, 0.1) is 10.6 Å². The lowest BCUT2D eigenvalue weighted by Gasteiger charge is -2.50. The highest BCUT2D eigenvalue weighted by molar-refractivity contribution is 8.14. The van der Waals surface area contributed by atoms with Gasteiger partial charge < -0.3 is 4.90 Å². The first-order chi connectivity index (χ1) is 12.2. The zero-order chi connectivity index (χ0) is 17.0. The quantitative estimate of drug-likeness (QED) is 0.895. The van der Waals surface area contributed by atoms with Crippen molar-refractivity contribution in [2.45, 2.75) is 24.9 Å². The summed E-state index contributed by atoms with van der Waals surface area (Å²) in [6.45, 7) is 2.68. The fraction of sp³-hybridized carbons (Fsp3) is 0.500. The van der Waals surface area contributed by atoms with Crippen LogP contribution in [0.15, 0.2) is 23.2 Å². The molecule has 3 saturated heterocycles. The molecule has 0 aliphatic carbocycles. The minimum absolute atomic E-state index is 0.0642. The third-order valence-corrected chi connectivity index (χ3v) is 6.69. The molecule has 5 heterocycles. The van der Waals surface area contributed by atoms with E-state index in [1.165, 1.54) is 6.42 Å². The Bertz CT molecular complexity index is 875. The van der Waals surface area contributed by atoms with Gasteiger partial charge in [0.15, 0.2) is 5.69 Å². The molecule has 0 radical (unpaired) electrons. The summed E-state index contributed by atoms with van der Waals surface area (Å²) in [7, 11) is 2.16. The number of aromatic nitrogens is 2. The van der Waals surface area contributed by atoms with Crippen LogP contribution in [-0.2, 0) is 0 Å². The number of aliphatic imine (C=N–C) groups is 1. The van der Waals surface area contributed by atoms with Gasteiger partial charge in [0.1, 0.15) is 0 Å². The molecule has 1 N–H and O–H groups in total. The van der Waals surface area contributed by atoms with E-state index >= 15 is 0 Å². The average molecular weight is 355 g/mol. The predicted octanol–water partition coefficient (Wildman–Crippen LogP) is 1.97. The first kappa shape index (κ1) is 15.4. The third-order valence-electron chi connectivity index (χ3n) is 5.66. The molecule has 4 aliphatic heterocycles. The zero-order valence-corrected chi connectivity index (χ0v) is 15.1. The molecule has 1 aromatic heterocycles. The molecular weight excluding hydrogens is 334 g/mol. The van der Waals surface area contributed by atoms with E-state index in [2.05, 4.69) is 39.3 Å². The van der Waals surface area contributed by atoms with Crippen LogP contribution in [-0.4, -0.2) is 75.5 Å². The number of carbonyl (C=O) groups is 1. The van der Waals surface area contributed by atoms with Crippen molar-refractivity contribution in [3.8, 4) is 0 Å². The van der Waals surface area contributed by atoms with Gasteiger partial charge in [-0.05, 0) is 32.0 Å². The molecule has 2 atom stereocenters. The monoisotopic (exact) mass is 355 g/mol. The van der Waals surface area contributed by atoms with Crippen LogP contribution in [0.1, 0.15) is 28.9 Å². The smallest absolute Gasteiger partial charge is 0.275 e. The lowest BCUT2D eigenvalue weighted by Crippen LogP contribution is -2.62. The van der Waals surface area contributed by atoms with Gasteiger partial charge >= 0.3 is 0 Å². The Hall–Kier alpha value is -1.86. The first-order valence-corrected chi connectivity index (χ1v) is 9.86. The Kier molecular flexibility index (Phi) is 3.60. The van der Waals surface area contributed by atoms with Crippen LogP contribution >= 0.6 is 11.8 Å². The zero-order valence-electron chi connectivity index (χ0n) is 14.2. The Morgan fingerprint density at radius 2 is 2.16 bits per heavy atom. The minimum atomic E-state index is 0.0642. The van der Waals surface area contributed by atoms with Gasteiger partial charge in [-0.25, -0.2) is 0 Å². The number of piperidine rings is 2. The number of benzene rings is 1. The van der Waals surface area contributed by atoms with Crippen molar-refractivity contribution in [3.05, 3.63) is 29.5 Å². The lowest BCUT2D eigenvalue weighted by molar-refractivity contribution is -0.000327. The van der Waals surface area contributed by atoms with E-state index in [4.69, 9.17) is 0 Å². The molecule has 130 valence electrons. The summed E-state index contributed by atoms with van der Waals surface area (Å²) in [6, 6.07) is 6.94. The minimum Gasteiger partial charge on any atom is -0.331 e. The number of piperazine rings is 1. The number of hydrogen-bond donors (Lipinski definition) is 1. The summed E-state index contributed by atoms with van der Waals surface area (Å²) in [4.78, 5) is 22.1. The second-order valence-electron chi connectivity index (χ2n) is 7.15. The number of carbonyl (C=O) groups excluding carboxylic acids is 1. The summed E-state index contributed by atoms with van der Waals surface area (Å²) >= 11 is 1.78. The normalized spacial score (nSPS) is 26.4. The van der Waals surface area contributed by atoms with E-state index in [1.807, 2.05) is 11.0 Å². The van der Waals surface area contributed by atoms with Gasteiger partial charge in [-0.2, -0.15) is 5.10 Å². The predicted molar refractivity (Wildman–Crippen MR) is 100 cm³/mol. The van der Waals surface area contributed by atoms with Crippen molar-refractivity contribution >= 4 is 33.6 Å². The number of nitrogens with one attached hydrogen (secondary N) is 1. The van der Waals surface area contributed by atoms with Gasteiger partial charge in [0.2, 0.25) is 0 Å². The molecule has 2 aromatic rings. The Morgan fingerprint density at radius 1 is 1.28 bits per heavy atom. The number of thioether (sulfide) groups is 1. The molecule has 0 saturated carbocycles. The highest BCUT2D eigenvalue weighted by atomic mass is 32.2. The summed E-state index contributed by atoms with van der Waals surface area (Å²) in [5, 5.41) is 9.41. The van der Waals surface area contributed by atoms with Gasteiger partial charge in [0.25, 0.3) is 5.91 Å². The molecular formula is C18H21N5OS. The number of hydrogen-bond acceptors (Lipinski definition) is 5. The highest BCUT2D eigenvalue weighted by Gasteiger charge is 2.40. The Labute approximate surface area is 150 Å². The number of fused-ring (bicyclic) bond motifs is 4. The van der Waals surface area contributed by atoms with Crippen LogP contribution < -0.4 is 0 Å². The molecule has 25 heavy (non-hydrogen) atoms. The van der Waals surface area contributed by atoms with Crippen LogP contribution in [0, 0.1) is 0 Å². The van der Waals surface area contributed by atoms with E-state index in [9.17, 15) is 4.79 Å². The molecule has 0 spiro atoms. The van der Waals surface area contributed by atoms with Gasteiger partial charge in [-0.15, -0.1) is 11.8 Å². The van der Waals surface area contributed by atoms with E-state index in [1.54, 1.807) is 11.8 Å². The molecule has 7 heteroatoms. The van der Waals surface area contributed by atoms with Crippen molar-refractivity contribution in [3.63, 3.8) is 0 Å². The summed E-state index contributed by atoms with van der Waals surface area (Å²) in [5.41, 5.74) is 2.57. The molecule has 1 amide bonds. The van der Waals surface area contributed by atoms with Crippen molar-refractivity contribution < 1.29 is 4.79 Å². The van der Waals surface area contributed by atoms with Crippen molar-refractivity contribution in [2.24, 2.45) is 4.99 Å². The van der Waals surface area contributed by atoms with Crippen molar-refractivity contribution in [2.75, 3.05) is 32.4 Å². The number of nitrogens with zero attached hydrogens (tertiary/aromatic N) is 4. The number of H-pyrrole nitrogens is 1. The molecule has 2 unspecified atom stereocenters. The second kappa shape index (κ2) is 5.85. The standard InChI is InChI=1S/C18H21N5OS/c1-22-9-13-4-3-12(22)10-23(13)18(24)16-14-5-2-11(8-15(14)20-21-16)17-19-6-7-25-17/h2,5,8,12-13H,3-4,6-7,9-10H2,1H3,(H,20,21). The first-order valence-electron chi connectivity index (χ1n) is 8.87. The summed E-state index contributed by atoms with van der Waals surface area (Å²) < 4.78 is 0. The molecule has 2 bridgehead atoms. The molecule has 1 aromatic carbocycles. The number of likely N-dealkylation sites (N-methyl/N-ethyl adjacent to an activating group) is 1. The second-order valence-corrected chi connectivity index (χ2v) is 8.23. The Morgan fingerprint density at radius 3 is 2.88 bits per heavy atom.